The minimum absolute atomic E-state index is 0.299. The van der Waals surface area contributed by atoms with Gasteiger partial charge in [-0.15, -0.1) is 0 Å². The molecule has 0 aromatic heterocycles. The van der Waals surface area contributed by atoms with Crippen LogP contribution in [0.4, 0.5) is 0 Å². The summed E-state index contributed by atoms with van der Waals surface area (Å²) in [5.41, 5.74) is 0.299. The molecule has 0 aromatic carbocycles. The van der Waals surface area contributed by atoms with Gasteiger partial charge in [0.15, 0.2) is 0 Å². The zero-order valence-electron chi connectivity index (χ0n) is 7.21. The van der Waals surface area contributed by atoms with Crippen LogP contribution in [-0.4, -0.2) is 11.1 Å². The minimum atomic E-state index is -0.883. The van der Waals surface area contributed by atoms with E-state index in [2.05, 4.69) is 13.2 Å². The van der Waals surface area contributed by atoms with Crippen LogP contribution in [0.15, 0.2) is 24.8 Å². The predicted molar refractivity (Wildman–Crippen MR) is 47.5 cm³/mol. The van der Waals surface area contributed by atoms with Crippen molar-refractivity contribution in [1.82, 2.24) is 0 Å². The van der Waals surface area contributed by atoms with E-state index in [-0.39, 0.29) is 0 Å². The minimum Gasteiger partial charge on any atom is -0.478 e. The Kier molecular flexibility index (Phi) is 10.3. The summed E-state index contributed by atoms with van der Waals surface area (Å²) in [5.74, 6) is -0.883. The highest BCUT2D eigenvalue weighted by Crippen LogP contribution is 1.99. The molecule has 0 atom stereocenters. The SMILES string of the molecule is C=C(CCC)C(=O)O.C=CC#N. The molecule has 0 spiro atoms. The van der Waals surface area contributed by atoms with Crippen molar-refractivity contribution in [2.24, 2.45) is 0 Å². The first-order valence-corrected chi connectivity index (χ1v) is 3.51. The van der Waals surface area contributed by atoms with Crippen molar-refractivity contribution in [2.45, 2.75) is 19.8 Å². The van der Waals surface area contributed by atoms with Crippen LogP contribution >= 0.6 is 0 Å². The number of carboxylic acid groups (broad SMARTS) is 1. The molecule has 0 aliphatic carbocycles. The average molecular weight is 167 g/mol. The molecular weight excluding hydrogens is 154 g/mol. The number of carbonyl (C=O) groups is 1. The molecule has 0 aliphatic rings. The van der Waals surface area contributed by atoms with Crippen LogP contribution in [0, 0.1) is 11.3 Å². The molecule has 0 aromatic rings. The number of nitrogens with zero attached hydrogens (tertiary/aromatic N) is 1. The first-order valence-electron chi connectivity index (χ1n) is 3.51. The molecule has 0 heterocycles. The Labute approximate surface area is 72.6 Å². The van der Waals surface area contributed by atoms with Crippen LogP contribution in [0.3, 0.4) is 0 Å². The second-order valence-corrected chi connectivity index (χ2v) is 1.99. The standard InChI is InChI=1S/C6H10O2.C3H3N/c1-3-4-5(2)6(7)8;1-2-3-4/h2-4H2,1H3,(H,7,8);2H,1H2. The lowest BCUT2D eigenvalue weighted by Crippen LogP contribution is -1.97. The van der Waals surface area contributed by atoms with Crippen LogP contribution in [0.1, 0.15) is 19.8 Å². The van der Waals surface area contributed by atoms with Gasteiger partial charge in [-0.1, -0.05) is 26.5 Å². The number of hydrogen-bond acceptors (Lipinski definition) is 2. The van der Waals surface area contributed by atoms with E-state index in [4.69, 9.17) is 10.4 Å². The number of nitriles is 1. The molecule has 3 nitrogen and oxygen atoms in total. The van der Waals surface area contributed by atoms with Crippen molar-refractivity contribution in [3.05, 3.63) is 24.8 Å². The molecule has 0 saturated heterocycles. The zero-order valence-corrected chi connectivity index (χ0v) is 7.21. The Morgan fingerprint density at radius 2 is 2.17 bits per heavy atom. The van der Waals surface area contributed by atoms with Gasteiger partial charge < -0.3 is 5.11 Å². The molecular formula is C9H13NO2. The summed E-state index contributed by atoms with van der Waals surface area (Å²) >= 11 is 0. The van der Waals surface area contributed by atoms with Gasteiger partial charge in [-0.2, -0.15) is 5.26 Å². The van der Waals surface area contributed by atoms with Crippen molar-refractivity contribution in [3.63, 3.8) is 0 Å². The van der Waals surface area contributed by atoms with Crippen molar-refractivity contribution in [2.75, 3.05) is 0 Å². The summed E-state index contributed by atoms with van der Waals surface area (Å²) < 4.78 is 0. The number of rotatable bonds is 3. The van der Waals surface area contributed by atoms with Crippen molar-refractivity contribution in [1.29, 1.82) is 5.26 Å². The molecule has 66 valence electrons. The Bertz CT molecular complexity index is 201. The fourth-order valence-electron chi connectivity index (χ4n) is 0.409. The van der Waals surface area contributed by atoms with E-state index >= 15 is 0 Å². The molecule has 0 unspecified atom stereocenters. The van der Waals surface area contributed by atoms with Gasteiger partial charge in [0, 0.05) is 11.6 Å². The highest BCUT2D eigenvalue weighted by molar-refractivity contribution is 5.85. The normalized spacial score (nSPS) is 7.00. The van der Waals surface area contributed by atoms with Gasteiger partial charge in [-0.25, -0.2) is 4.79 Å². The molecule has 0 fully saturated rings. The van der Waals surface area contributed by atoms with Crippen LogP contribution in [0.2, 0.25) is 0 Å². The van der Waals surface area contributed by atoms with E-state index in [0.29, 0.717) is 12.0 Å². The van der Waals surface area contributed by atoms with Crippen molar-refractivity contribution < 1.29 is 9.90 Å². The molecule has 1 N–H and O–H groups in total. The maximum atomic E-state index is 9.99. The lowest BCUT2D eigenvalue weighted by Gasteiger charge is -1.92. The van der Waals surface area contributed by atoms with Gasteiger partial charge in [-0.3, -0.25) is 0 Å². The van der Waals surface area contributed by atoms with Gasteiger partial charge in [-0.05, 0) is 6.42 Å². The third-order valence-electron chi connectivity index (χ3n) is 0.946. The first kappa shape index (κ1) is 13.1. The summed E-state index contributed by atoms with van der Waals surface area (Å²) in [4.78, 5) is 9.99. The van der Waals surface area contributed by atoms with E-state index in [9.17, 15) is 4.79 Å². The molecule has 3 heteroatoms. The van der Waals surface area contributed by atoms with E-state index in [1.54, 1.807) is 6.07 Å². The van der Waals surface area contributed by atoms with E-state index < -0.39 is 5.97 Å². The van der Waals surface area contributed by atoms with Crippen LogP contribution < -0.4 is 0 Å². The van der Waals surface area contributed by atoms with Crippen LogP contribution in [0.25, 0.3) is 0 Å². The summed E-state index contributed by atoms with van der Waals surface area (Å²) in [6, 6.07) is 1.69. The summed E-state index contributed by atoms with van der Waals surface area (Å²) in [5, 5.41) is 15.7. The van der Waals surface area contributed by atoms with E-state index in [1.807, 2.05) is 6.92 Å². The van der Waals surface area contributed by atoms with Gasteiger partial charge >= 0.3 is 5.97 Å². The predicted octanol–water partition coefficient (Wildman–Crippen LogP) is 2.12. The van der Waals surface area contributed by atoms with Gasteiger partial charge in [0.25, 0.3) is 0 Å². The van der Waals surface area contributed by atoms with Crippen LogP contribution in [-0.2, 0) is 4.79 Å². The molecule has 0 radical (unpaired) electrons. The second kappa shape index (κ2) is 9.44. The summed E-state index contributed by atoms with van der Waals surface area (Å²) in [7, 11) is 0. The fraction of sp³-hybridized carbons (Fsp3) is 0.333. The van der Waals surface area contributed by atoms with Gasteiger partial charge in [0.2, 0.25) is 0 Å². The van der Waals surface area contributed by atoms with Gasteiger partial charge in [0.1, 0.15) is 0 Å². The lowest BCUT2D eigenvalue weighted by molar-refractivity contribution is -0.132. The second-order valence-electron chi connectivity index (χ2n) is 1.99. The Balaban J connectivity index is 0. The van der Waals surface area contributed by atoms with E-state index in [1.165, 1.54) is 6.08 Å². The maximum Gasteiger partial charge on any atom is 0.330 e. The molecule has 0 saturated carbocycles. The van der Waals surface area contributed by atoms with E-state index in [0.717, 1.165) is 6.42 Å². The smallest absolute Gasteiger partial charge is 0.330 e. The molecule has 0 bridgehead atoms. The monoisotopic (exact) mass is 167 g/mol. The Hall–Kier alpha value is -1.56. The molecule has 0 amide bonds. The number of allylic oxidation sites excluding steroid dienone is 1. The Morgan fingerprint density at radius 3 is 2.25 bits per heavy atom. The number of carboxylic acids is 1. The van der Waals surface area contributed by atoms with Gasteiger partial charge in [0.05, 0.1) is 6.07 Å². The quantitative estimate of drug-likeness (QED) is 0.517. The van der Waals surface area contributed by atoms with Crippen molar-refractivity contribution >= 4 is 5.97 Å². The molecule has 0 rings (SSSR count). The summed E-state index contributed by atoms with van der Waals surface area (Å²) in [6.07, 6.45) is 2.63. The zero-order chi connectivity index (χ0) is 9.98. The highest BCUT2D eigenvalue weighted by Gasteiger charge is 1.99. The fourth-order valence-corrected chi connectivity index (χ4v) is 0.409. The Morgan fingerprint density at radius 1 is 1.75 bits per heavy atom. The van der Waals surface area contributed by atoms with Crippen molar-refractivity contribution in [3.8, 4) is 6.07 Å². The molecule has 0 aliphatic heterocycles. The highest BCUT2D eigenvalue weighted by atomic mass is 16.4. The third-order valence-corrected chi connectivity index (χ3v) is 0.946. The lowest BCUT2D eigenvalue weighted by atomic mass is 10.2. The number of hydrogen-bond donors (Lipinski definition) is 1. The van der Waals surface area contributed by atoms with Crippen LogP contribution in [0.5, 0.6) is 0 Å². The summed E-state index contributed by atoms with van der Waals surface area (Å²) in [6.45, 7) is 8.39. The number of aliphatic carboxylic acids is 1. The topological polar surface area (TPSA) is 61.1 Å². The molecule has 12 heavy (non-hydrogen) atoms. The largest absolute Gasteiger partial charge is 0.478 e. The average Bonchev–Trinajstić information content (AvgIpc) is 2.05. The first-order chi connectivity index (χ1) is 5.59. The maximum absolute atomic E-state index is 9.99. The third kappa shape index (κ3) is 11.3.